The minimum Gasteiger partial charge on any atom is -0.343 e. The molecule has 0 aromatic heterocycles. The van der Waals surface area contributed by atoms with Crippen molar-refractivity contribution < 1.29 is 4.79 Å². The normalized spacial score (nSPS) is 28.3. The van der Waals surface area contributed by atoms with Gasteiger partial charge in [0.2, 0.25) is 5.91 Å². The van der Waals surface area contributed by atoms with Gasteiger partial charge in [-0.25, -0.2) is 0 Å². The first-order valence-corrected chi connectivity index (χ1v) is 4.49. The fraction of sp³-hybridized carbons (Fsp3) is 0.889. The molecule has 0 N–H and O–H groups in total. The van der Waals surface area contributed by atoms with Crippen LogP contribution in [0.5, 0.6) is 0 Å². The lowest BCUT2D eigenvalue weighted by atomic mass is 10.3. The molecule has 0 aromatic rings. The van der Waals surface area contributed by atoms with Crippen molar-refractivity contribution in [2.75, 3.05) is 13.1 Å². The van der Waals surface area contributed by atoms with E-state index in [9.17, 15) is 4.79 Å². The molecule has 0 radical (unpaired) electrons. The minimum absolute atomic E-state index is 0.356. The lowest BCUT2D eigenvalue weighted by molar-refractivity contribution is -0.132. The van der Waals surface area contributed by atoms with Gasteiger partial charge in [-0.15, -0.1) is 0 Å². The Morgan fingerprint density at radius 3 is 2.18 bits per heavy atom. The predicted molar refractivity (Wildman–Crippen MR) is 45.2 cm³/mol. The smallest absolute Gasteiger partial charge is 0.225 e. The summed E-state index contributed by atoms with van der Waals surface area (Å²) < 4.78 is 0. The SMILES string of the molecule is CCN(CC)C(=O)[C@H]1C[C@H]1C. The molecule has 1 amide bonds. The first kappa shape index (κ1) is 8.57. The van der Waals surface area contributed by atoms with E-state index in [1.807, 2.05) is 18.7 Å². The van der Waals surface area contributed by atoms with E-state index >= 15 is 0 Å². The molecular formula is C9H17NO. The van der Waals surface area contributed by atoms with E-state index in [1.165, 1.54) is 0 Å². The summed E-state index contributed by atoms with van der Waals surface area (Å²) in [6.07, 6.45) is 1.11. The Balaban J connectivity index is 2.39. The van der Waals surface area contributed by atoms with E-state index < -0.39 is 0 Å². The summed E-state index contributed by atoms with van der Waals surface area (Å²) in [5.74, 6) is 1.36. The van der Waals surface area contributed by atoms with Gasteiger partial charge in [-0.05, 0) is 26.2 Å². The van der Waals surface area contributed by atoms with Gasteiger partial charge in [-0.1, -0.05) is 6.92 Å². The number of hydrogen-bond acceptors (Lipinski definition) is 1. The maximum Gasteiger partial charge on any atom is 0.225 e. The van der Waals surface area contributed by atoms with Gasteiger partial charge in [0.05, 0.1) is 0 Å². The highest BCUT2D eigenvalue weighted by Gasteiger charge is 2.40. The van der Waals surface area contributed by atoms with Crippen LogP contribution in [0.1, 0.15) is 27.2 Å². The molecular weight excluding hydrogens is 138 g/mol. The average molecular weight is 155 g/mol. The first-order chi connectivity index (χ1) is 5.20. The van der Waals surface area contributed by atoms with Crippen LogP contribution in [0, 0.1) is 11.8 Å². The van der Waals surface area contributed by atoms with Crippen LogP contribution in [0.3, 0.4) is 0 Å². The molecule has 11 heavy (non-hydrogen) atoms. The lowest BCUT2D eigenvalue weighted by Crippen LogP contribution is -2.32. The van der Waals surface area contributed by atoms with Crippen molar-refractivity contribution in [2.24, 2.45) is 11.8 Å². The Hall–Kier alpha value is -0.530. The Kier molecular flexibility index (Phi) is 2.53. The van der Waals surface area contributed by atoms with Gasteiger partial charge in [0, 0.05) is 19.0 Å². The fourth-order valence-electron chi connectivity index (χ4n) is 1.44. The molecule has 2 atom stereocenters. The summed E-state index contributed by atoms with van der Waals surface area (Å²) in [4.78, 5) is 13.4. The first-order valence-electron chi connectivity index (χ1n) is 4.49. The van der Waals surface area contributed by atoms with Crippen molar-refractivity contribution in [3.63, 3.8) is 0 Å². The predicted octanol–water partition coefficient (Wildman–Crippen LogP) is 1.51. The number of carbonyl (C=O) groups excluding carboxylic acids is 1. The molecule has 0 aliphatic heterocycles. The van der Waals surface area contributed by atoms with Gasteiger partial charge in [-0.3, -0.25) is 4.79 Å². The molecule has 1 saturated carbocycles. The van der Waals surface area contributed by atoms with E-state index in [0.717, 1.165) is 19.5 Å². The maximum atomic E-state index is 11.5. The maximum absolute atomic E-state index is 11.5. The molecule has 64 valence electrons. The highest BCUT2D eigenvalue weighted by Crippen LogP contribution is 2.38. The number of hydrogen-bond donors (Lipinski definition) is 0. The molecule has 0 heterocycles. The lowest BCUT2D eigenvalue weighted by Gasteiger charge is -2.18. The van der Waals surface area contributed by atoms with E-state index in [4.69, 9.17) is 0 Å². The molecule has 1 aliphatic rings. The zero-order valence-corrected chi connectivity index (χ0v) is 7.63. The molecule has 0 saturated heterocycles. The van der Waals surface area contributed by atoms with Crippen molar-refractivity contribution in [1.29, 1.82) is 0 Å². The topological polar surface area (TPSA) is 20.3 Å². The zero-order chi connectivity index (χ0) is 8.43. The van der Waals surface area contributed by atoms with Gasteiger partial charge in [-0.2, -0.15) is 0 Å². The summed E-state index contributed by atoms with van der Waals surface area (Å²) in [5.41, 5.74) is 0. The third-order valence-corrected chi connectivity index (χ3v) is 2.50. The Morgan fingerprint density at radius 1 is 1.45 bits per heavy atom. The van der Waals surface area contributed by atoms with Crippen molar-refractivity contribution in [3.05, 3.63) is 0 Å². The second kappa shape index (κ2) is 3.24. The Bertz CT molecular complexity index is 152. The van der Waals surface area contributed by atoms with Crippen LogP contribution < -0.4 is 0 Å². The second-order valence-electron chi connectivity index (χ2n) is 3.33. The molecule has 0 unspecified atom stereocenters. The van der Waals surface area contributed by atoms with Gasteiger partial charge in [0.25, 0.3) is 0 Å². The minimum atomic E-state index is 0.356. The van der Waals surface area contributed by atoms with Crippen LogP contribution >= 0.6 is 0 Å². The Morgan fingerprint density at radius 2 is 1.91 bits per heavy atom. The Labute approximate surface area is 68.6 Å². The van der Waals surface area contributed by atoms with Crippen molar-refractivity contribution in [2.45, 2.75) is 27.2 Å². The summed E-state index contributed by atoms with van der Waals surface area (Å²) in [5, 5.41) is 0. The summed E-state index contributed by atoms with van der Waals surface area (Å²) >= 11 is 0. The molecule has 0 aromatic carbocycles. The number of amides is 1. The number of carbonyl (C=O) groups is 1. The molecule has 1 fully saturated rings. The van der Waals surface area contributed by atoms with Crippen molar-refractivity contribution in [1.82, 2.24) is 4.90 Å². The zero-order valence-electron chi connectivity index (χ0n) is 7.63. The van der Waals surface area contributed by atoms with E-state index in [-0.39, 0.29) is 0 Å². The number of rotatable bonds is 3. The monoisotopic (exact) mass is 155 g/mol. The van der Waals surface area contributed by atoms with Crippen LogP contribution in [0.25, 0.3) is 0 Å². The van der Waals surface area contributed by atoms with Crippen LogP contribution in [0.2, 0.25) is 0 Å². The van der Waals surface area contributed by atoms with Crippen LogP contribution in [0.4, 0.5) is 0 Å². The van der Waals surface area contributed by atoms with Crippen molar-refractivity contribution >= 4 is 5.91 Å². The fourth-order valence-corrected chi connectivity index (χ4v) is 1.44. The molecule has 0 spiro atoms. The number of nitrogens with zero attached hydrogens (tertiary/aromatic N) is 1. The van der Waals surface area contributed by atoms with E-state index in [2.05, 4.69) is 6.92 Å². The quantitative estimate of drug-likeness (QED) is 0.605. The van der Waals surface area contributed by atoms with Gasteiger partial charge in [0.15, 0.2) is 0 Å². The van der Waals surface area contributed by atoms with Crippen LogP contribution in [-0.2, 0) is 4.79 Å². The van der Waals surface area contributed by atoms with Crippen LogP contribution in [0.15, 0.2) is 0 Å². The highest BCUT2D eigenvalue weighted by molar-refractivity contribution is 5.81. The van der Waals surface area contributed by atoms with Gasteiger partial charge < -0.3 is 4.90 Å². The molecule has 0 bridgehead atoms. The molecule has 2 nitrogen and oxygen atoms in total. The second-order valence-corrected chi connectivity index (χ2v) is 3.33. The third kappa shape index (κ3) is 1.73. The van der Waals surface area contributed by atoms with E-state index in [0.29, 0.717) is 17.7 Å². The standard InChI is InChI=1S/C9H17NO/c1-4-10(5-2)9(11)8-6-7(8)3/h7-8H,4-6H2,1-3H3/t7-,8+/m1/s1. The van der Waals surface area contributed by atoms with E-state index in [1.54, 1.807) is 0 Å². The summed E-state index contributed by atoms with van der Waals surface area (Å²) in [6, 6.07) is 0. The van der Waals surface area contributed by atoms with Crippen molar-refractivity contribution in [3.8, 4) is 0 Å². The highest BCUT2D eigenvalue weighted by atomic mass is 16.2. The van der Waals surface area contributed by atoms with Crippen LogP contribution in [-0.4, -0.2) is 23.9 Å². The molecule has 2 heteroatoms. The largest absolute Gasteiger partial charge is 0.343 e. The third-order valence-electron chi connectivity index (χ3n) is 2.50. The molecule has 1 aliphatic carbocycles. The summed E-state index contributed by atoms with van der Waals surface area (Å²) in [7, 11) is 0. The van der Waals surface area contributed by atoms with Gasteiger partial charge >= 0.3 is 0 Å². The molecule has 1 rings (SSSR count). The van der Waals surface area contributed by atoms with Gasteiger partial charge in [0.1, 0.15) is 0 Å². The summed E-state index contributed by atoms with van der Waals surface area (Å²) in [6.45, 7) is 7.94. The average Bonchev–Trinajstić information content (AvgIpc) is 2.69.